The molecule has 3 rings (SSSR count). The fraction of sp³-hybridized carbons (Fsp3) is 0.400. The van der Waals surface area contributed by atoms with Crippen LogP contribution >= 0.6 is 11.6 Å². The van der Waals surface area contributed by atoms with Gasteiger partial charge >= 0.3 is 0 Å². The maximum Gasteiger partial charge on any atom is 0.159 e. The predicted molar refractivity (Wildman–Crippen MR) is 83.7 cm³/mol. The molecule has 0 aromatic carbocycles. The predicted octanol–water partition coefficient (Wildman–Crippen LogP) is 2.61. The lowest BCUT2D eigenvalue weighted by Gasteiger charge is -2.10. The van der Waals surface area contributed by atoms with Gasteiger partial charge in [0.1, 0.15) is 11.3 Å². The fourth-order valence-electron chi connectivity index (χ4n) is 2.66. The van der Waals surface area contributed by atoms with Crippen molar-refractivity contribution >= 4 is 22.8 Å². The van der Waals surface area contributed by atoms with Crippen LogP contribution in [0, 0.1) is 13.8 Å². The minimum absolute atomic E-state index is 0.553. The Kier molecular flexibility index (Phi) is 3.68. The second kappa shape index (κ2) is 5.48. The van der Waals surface area contributed by atoms with E-state index in [2.05, 4.69) is 27.6 Å². The van der Waals surface area contributed by atoms with Crippen LogP contribution in [0.3, 0.4) is 0 Å². The SMILES string of the molecule is Cc1cccnc1Cn1c(CCCl)nc2c(C)nn(C)c21. The number of halogens is 1. The Morgan fingerprint density at radius 3 is 2.81 bits per heavy atom. The van der Waals surface area contributed by atoms with Crippen molar-refractivity contribution in [2.75, 3.05) is 5.88 Å². The summed E-state index contributed by atoms with van der Waals surface area (Å²) in [5, 5.41) is 4.46. The molecule has 0 atom stereocenters. The summed E-state index contributed by atoms with van der Waals surface area (Å²) in [5.41, 5.74) is 5.14. The zero-order valence-electron chi connectivity index (χ0n) is 12.5. The maximum atomic E-state index is 5.93. The summed E-state index contributed by atoms with van der Waals surface area (Å²) in [7, 11) is 1.95. The molecule has 0 aliphatic rings. The van der Waals surface area contributed by atoms with Crippen LogP contribution in [0.15, 0.2) is 18.3 Å². The lowest BCUT2D eigenvalue weighted by Crippen LogP contribution is -2.11. The van der Waals surface area contributed by atoms with Crippen LogP contribution in [0.2, 0.25) is 0 Å². The Morgan fingerprint density at radius 1 is 1.29 bits per heavy atom. The van der Waals surface area contributed by atoms with Crippen molar-refractivity contribution in [1.82, 2.24) is 24.3 Å². The van der Waals surface area contributed by atoms with E-state index in [0.29, 0.717) is 12.4 Å². The zero-order chi connectivity index (χ0) is 15.0. The monoisotopic (exact) mass is 303 g/mol. The fourth-order valence-corrected chi connectivity index (χ4v) is 2.82. The Bertz CT molecular complexity index is 787. The topological polar surface area (TPSA) is 48.5 Å². The third-order valence-electron chi connectivity index (χ3n) is 3.71. The van der Waals surface area contributed by atoms with Crippen molar-refractivity contribution in [2.24, 2.45) is 7.05 Å². The van der Waals surface area contributed by atoms with Gasteiger partial charge in [-0.3, -0.25) is 9.67 Å². The van der Waals surface area contributed by atoms with Crippen LogP contribution in [0.5, 0.6) is 0 Å². The number of rotatable bonds is 4. The van der Waals surface area contributed by atoms with Crippen molar-refractivity contribution in [3.8, 4) is 0 Å². The Balaban J connectivity index is 2.15. The van der Waals surface area contributed by atoms with Gasteiger partial charge in [0.25, 0.3) is 0 Å². The number of imidazole rings is 1. The Morgan fingerprint density at radius 2 is 2.10 bits per heavy atom. The number of pyridine rings is 1. The number of hydrogen-bond donors (Lipinski definition) is 0. The molecule has 0 aliphatic carbocycles. The lowest BCUT2D eigenvalue weighted by atomic mass is 10.2. The molecule has 0 aliphatic heterocycles. The van der Waals surface area contributed by atoms with Crippen molar-refractivity contribution in [3.63, 3.8) is 0 Å². The van der Waals surface area contributed by atoms with E-state index in [4.69, 9.17) is 16.6 Å². The van der Waals surface area contributed by atoms with Gasteiger partial charge in [-0.15, -0.1) is 11.6 Å². The van der Waals surface area contributed by atoms with Gasteiger partial charge < -0.3 is 4.57 Å². The summed E-state index contributed by atoms with van der Waals surface area (Å²) < 4.78 is 4.06. The average Bonchev–Trinajstić information content (AvgIpc) is 2.93. The number of hydrogen-bond acceptors (Lipinski definition) is 3. The molecule has 0 saturated heterocycles. The normalized spacial score (nSPS) is 11.4. The third kappa shape index (κ3) is 2.42. The van der Waals surface area contributed by atoms with E-state index in [1.165, 1.54) is 5.56 Å². The van der Waals surface area contributed by atoms with Gasteiger partial charge in [-0.1, -0.05) is 6.07 Å². The molecule has 6 heteroatoms. The second-order valence-corrected chi connectivity index (χ2v) is 5.58. The van der Waals surface area contributed by atoms with Crippen molar-refractivity contribution in [3.05, 3.63) is 41.1 Å². The van der Waals surface area contributed by atoms with Crippen LogP contribution < -0.4 is 0 Å². The van der Waals surface area contributed by atoms with E-state index in [1.54, 1.807) is 0 Å². The highest BCUT2D eigenvalue weighted by molar-refractivity contribution is 6.17. The smallest absolute Gasteiger partial charge is 0.159 e. The summed E-state index contributed by atoms with van der Waals surface area (Å²) in [4.78, 5) is 9.20. The number of nitrogens with zero attached hydrogens (tertiary/aromatic N) is 5. The van der Waals surface area contributed by atoms with E-state index < -0.39 is 0 Å². The van der Waals surface area contributed by atoms with Crippen LogP contribution in [-0.4, -0.2) is 30.2 Å². The molecule has 21 heavy (non-hydrogen) atoms. The molecule has 3 aromatic rings. The first kappa shape index (κ1) is 14.1. The molecule has 0 amide bonds. The molecule has 3 heterocycles. The minimum Gasteiger partial charge on any atom is -0.307 e. The standard InChI is InChI=1S/C15H18ClN5/c1-10-5-4-8-17-12(10)9-21-13(6-7-16)18-14-11(2)19-20(3)15(14)21/h4-5,8H,6-7,9H2,1-3H3. The highest BCUT2D eigenvalue weighted by Gasteiger charge is 2.17. The van der Waals surface area contributed by atoms with Crippen molar-refractivity contribution in [2.45, 2.75) is 26.8 Å². The number of alkyl halides is 1. The molecule has 0 radical (unpaired) electrons. The van der Waals surface area contributed by atoms with Crippen LogP contribution in [-0.2, 0) is 20.0 Å². The summed E-state index contributed by atoms with van der Waals surface area (Å²) in [6.45, 7) is 4.75. The van der Waals surface area contributed by atoms with Gasteiger partial charge in [0, 0.05) is 25.5 Å². The Hall–Kier alpha value is -1.88. The number of aryl methyl sites for hydroxylation is 4. The molecule has 0 bridgehead atoms. The van der Waals surface area contributed by atoms with Crippen LogP contribution in [0.1, 0.15) is 22.8 Å². The molecule has 3 aromatic heterocycles. The minimum atomic E-state index is 0.553. The first-order chi connectivity index (χ1) is 10.1. The maximum absolute atomic E-state index is 5.93. The summed E-state index contributed by atoms with van der Waals surface area (Å²) >= 11 is 5.93. The first-order valence-electron chi connectivity index (χ1n) is 6.97. The molecule has 0 N–H and O–H groups in total. The van der Waals surface area contributed by atoms with E-state index in [0.717, 1.165) is 34.8 Å². The van der Waals surface area contributed by atoms with Gasteiger partial charge in [-0.2, -0.15) is 5.10 Å². The van der Waals surface area contributed by atoms with E-state index in [-0.39, 0.29) is 0 Å². The van der Waals surface area contributed by atoms with E-state index >= 15 is 0 Å². The average molecular weight is 304 g/mol. The van der Waals surface area contributed by atoms with E-state index in [1.807, 2.05) is 30.9 Å². The molecule has 5 nitrogen and oxygen atoms in total. The second-order valence-electron chi connectivity index (χ2n) is 5.20. The molecule has 0 spiro atoms. The lowest BCUT2D eigenvalue weighted by molar-refractivity contribution is 0.681. The molecular weight excluding hydrogens is 286 g/mol. The molecular formula is C15H18ClN5. The highest BCUT2D eigenvalue weighted by Crippen LogP contribution is 2.21. The third-order valence-corrected chi connectivity index (χ3v) is 3.90. The Labute approximate surface area is 128 Å². The largest absolute Gasteiger partial charge is 0.307 e. The number of fused-ring (bicyclic) bond motifs is 1. The van der Waals surface area contributed by atoms with Crippen LogP contribution in [0.25, 0.3) is 11.2 Å². The highest BCUT2D eigenvalue weighted by atomic mass is 35.5. The van der Waals surface area contributed by atoms with Gasteiger partial charge in [0.2, 0.25) is 0 Å². The van der Waals surface area contributed by atoms with Crippen molar-refractivity contribution < 1.29 is 0 Å². The number of aromatic nitrogens is 5. The zero-order valence-corrected chi connectivity index (χ0v) is 13.2. The quantitative estimate of drug-likeness (QED) is 0.696. The molecule has 0 saturated carbocycles. The summed E-state index contributed by atoms with van der Waals surface area (Å²) in [6.07, 6.45) is 2.56. The van der Waals surface area contributed by atoms with E-state index in [9.17, 15) is 0 Å². The van der Waals surface area contributed by atoms with Gasteiger partial charge in [-0.25, -0.2) is 4.98 Å². The van der Waals surface area contributed by atoms with Gasteiger partial charge in [-0.05, 0) is 25.5 Å². The van der Waals surface area contributed by atoms with Crippen LogP contribution in [0.4, 0.5) is 0 Å². The van der Waals surface area contributed by atoms with Gasteiger partial charge in [0.15, 0.2) is 5.65 Å². The van der Waals surface area contributed by atoms with Gasteiger partial charge in [0.05, 0.1) is 17.9 Å². The molecule has 110 valence electrons. The molecule has 0 unspecified atom stereocenters. The van der Waals surface area contributed by atoms with Crippen molar-refractivity contribution in [1.29, 1.82) is 0 Å². The summed E-state index contributed by atoms with van der Waals surface area (Å²) in [5.74, 6) is 1.54. The summed E-state index contributed by atoms with van der Waals surface area (Å²) in [6, 6.07) is 4.03. The molecule has 0 fully saturated rings. The first-order valence-corrected chi connectivity index (χ1v) is 7.50.